The van der Waals surface area contributed by atoms with E-state index in [1.165, 1.54) is 0 Å². The topological polar surface area (TPSA) is 61.0 Å². The maximum Gasteiger partial charge on any atom is 0.254 e. The Morgan fingerprint density at radius 1 is 1.45 bits per heavy atom. The van der Waals surface area contributed by atoms with Crippen molar-refractivity contribution in [3.63, 3.8) is 0 Å². The van der Waals surface area contributed by atoms with Gasteiger partial charge in [0, 0.05) is 43.1 Å². The highest BCUT2D eigenvalue weighted by Crippen LogP contribution is 2.17. The third-order valence-electron chi connectivity index (χ3n) is 3.16. The van der Waals surface area contributed by atoms with Gasteiger partial charge in [-0.1, -0.05) is 0 Å². The Hall–Kier alpha value is -2.30. The first-order chi connectivity index (χ1) is 9.61. The highest BCUT2D eigenvalue weighted by Gasteiger charge is 2.14. The zero-order valence-corrected chi connectivity index (χ0v) is 12.1. The molecule has 2 rings (SSSR count). The van der Waals surface area contributed by atoms with E-state index < -0.39 is 0 Å². The van der Waals surface area contributed by atoms with Gasteiger partial charge in [0.1, 0.15) is 0 Å². The Kier molecular flexibility index (Phi) is 4.40. The van der Waals surface area contributed by atoms with Gasteiger partial charge >= 0.3 is 0 Å². The molecule has 0 saturated carbocycles. The number of aryl methyl sites for hydroxylation is 1. The number of aromatic nitrogens is 2. The average Bonchev–Trinajstić information content (AvgIpc) is 2.91. The van der Waals surface area contributed by atoms with Gasteiger partial charge in [0.05, 0.1) is 6.20 Å². The van der Waals surface area contributed by atoms with Crippen LogP contribution in [-0.2, 0) is 6.54 Å². The molecule has 0 atom stereocenters. The van der Waals surface area contributed by atoms with Gasteiger partial charge in [-0.15, -0.1) is 0 Å². The molecular weight excluding hydrogens is 252 g/mol. The molecule has 0 radical (unpaired) electrons. The first-order valence-electron chi connectivity index (χ1n) is 6.69. The number of carbonyl (C=O) groups excluding carboxylic acids is 1. The summed E-state index contributed by atoms with van der Waals surface area (Å²) in [5.41, 5.74) is 3.74. The first kappa shape index (κ1) is 14.1. The molecule has 0 aliphatic heterocycles. The number of nitrogens with one attached hydrogen (secondary N) is 2. The molecule has 0 bridgehead atoms. The lowest BCUT2D eigenvalue weighted by atomic mass is 10.1. The van der Waals surface area contributed by atoms with Crippen molar-refractivity contribution in [2.45, 2.75) is 20.4 Å². The Morgan fingerprint density at radius 3 is 2.85 bits per heavy atom. The molecule has 106 valence electrons. The summed E-state index contributed by atoms with van der Waals surface area (Å²) in [5, 5.41) is 9.88. The highest BCUT2D eigenvalue weighted by atomic mass is 16.2. The van der Waals surface area contributed by atoms with Gasteiger partial charge in [-0.05, 0) is 37.6 Å². The Morgan fingerprint density at radius 2 is 2.25 bits per heavy atom. The average molecular weight is 272 g/mol. The summed E-state index contributed by atoms with van der Waals surface area (Å²) in [6.07, 6.45) is 3.52. The number of amides is 1. The summed E-state index contributed by atoms with van der Waals surface area (Å²) in [6.45, 7) is 5.42. The third kappa shape index (κ3) is 3.17. The summed E-state index contributed by atoms with van der Waals surface area (Å²) in [4.78, 5) is 14.1. The van der Waals surface area contributed by atoms with Crippen molar-refractivity contribution in [2.24, 2.45) is 0 Å². The first-order valence-corrected chi connectivity index (χ1v) is 6.69. The Labute approximate surface area is 119 Å². The number of rotatable bonds is 5. The molecule has 0 aliphatic rings. The predicted octanol–water partition coefficient (Wildman–Crippen LogP) is 2.42. The van der Waals surface area contributed by atoms with E-state index in [0.717, 1.165) is 28.9 Å². The van der Waals surface area contributed by atoms with Crippen molar-refractivity contribution in [3.05, 3.63) is 47.3 Å². The molecule has 1 aromatic heterocycles. The fraction of sp³-hybridized carbons (Fsp3) is 0.333. The minimum atomic E-state index is 0.0201. The van der Waals surface area contributed by atoms with Gasteiger partial charge in [-0.2, -0.15) is 5.10 Å². The van der Waals surface area contributed by atoms with Crippen LogP contribution in [0.2, 0.25) is 0 Å². The van der Waals surface area contributed by atoms with Crippen LogP contribution in [0.15, 0.2) is 30.6 Å². The van der Waals surface area contributed by atoms with Crippen LogP contribution in [0.25, 0.3) is 0 Å². The molecule has 1 aromatic carbocycles. The van der Waals surface area contributed by atoms with Crippen LogP contribution in [0, 0.1) is 6.92 Å². The maximum atomic E-state index is 12.4. The second-order valence-electron chi connectivity index (χ2n) is 4.83. The molecule has 5 heteroatoms. The maximum absolute atomic E-state index is 12.4. The molecule has 0 fully saturated rings. The number of nitrogens with zero attached hydrogens (tertiary/aromatic N) is 2. The van der Waals surface area contributed by atoms with Gasteiger partial charge in [-0.3, -0.25) is 9.89 Å². The quantitative estimate of drug-likeness (QED) is 0.878. The molecule has 0 unspecified atom stereocenters. The van der Waals surface area contributed by atoms with E-state index >= 15 is 0 Å². The van der Waals surface area contributed by atoms with Crippen LogP contribution in [-0.4, -0.2) is 34.6 Å². The van der Waals surface area contributed by atoms with E-state index in [1.54, 1.807) is 24.3 Å². The summed E-state index contributed by atoms with van der Waals surface area (Å²) < 4.78 is 0. The van der Waals surface area contributed by atoms with Crippen molar-refractivity contribution in [3.8, 4) is 0 Å². The van der Waals surface area contributed by atoms with Gasteiger partial charge < -0.3 is 10.2 Å². The standard InChI is InChI=1S/C15H20N4O/c1-4-16-13-5-6-14(11(2)7-13)15(20)19(3)10-12-8-17-18-9-12/h5-9,16H,4,10H2,1-3H3,(H,17,18). The normalized spacial score (nSPS) is 10.3. The number of H-pyrrole nitrogens is 1. The number of anilines is 1. The monoisotopic (exact) mass is 272 g/mol. The molecule has 5 nitrogen and oxygen atoms in total. The van der Waals surface area contributed by atoms with Crippen LogP contribution in [0.5, 0.6) is 0 Å². The van der Waals surface area contributed by atoms with E-state index in [4.69, 9.17) is 0 Å². The van der Waals surface area contributed by atoms with E-state index in [0.29, 0.717) is 6.54 Å². The number of hydrogen-bond donors (Lipinski definition) is 2. The van der Waals surface area contributed by atoms with Crippen LogP contribution < -0.4 is 5.32 Å². The van der Waals surface area contributed by atoms with Gasteiger partial charge in [0.15, 0.2) is 0 Å². The largest absolute Gasteiger partial charge is 0.385 e. The third-order valence-corrected chi connectivity index (χ3v) is 3.16. The van der Waals surface area contributed by atoms with Crippen LogP contribution in [0.4, 0.5) is 5.69 Å². The van der Waals surface area contributed by atoms with Gasteiger partial charge in [0.2, 0.25) is 0 Å². The number of aromatic amines is 1. The zero-order valence-electron chi connectivity index (χ0n) is 12.1. The van der Waals surface area contributed by atoms with Crippen molar-refractivity contribution < 1.29 is 4.79 Å². The van der Waals surface area contributed by atoms with Crippen molar-refractivity contribution >= 4 is 11.6 Å². The van der Waals surface area contributed by atoms with Crippen LogP contribution in [0.3, 0.4) is 0 Å². The lowest BCUT2D eigenvalue weighted by Crippen LogP contribution is -2.26. The van der Waals surface area contributed by atoms with Gasteiger partial charge in [-0.25, -0.2) is 0 Å². The second kappa shape index (κ2) is 6.23. The number of hydrogen-bond acceptors (Lipinski definition) is 3. The lowest BCUT2D eigenvalue weighted by molar-refractivity contribution is 0.0784. The smallest absolute Gasteiger partial charge is 0.254 e. The Balaban J connectivity index is 2.12. The van der Waals surface area contributed by atoms with Crippen LogP contribution >= 0.6 is 0 Å². The van der Waals surface area contributed by atoms with Gasteiger partial charge in [0.25, 0.3) is 5.91 Å². The summed E-state index contributed by atoms with van der Waals surface area (Å²) in [7, 11) is 1.80. The van der Waals surface area contributed by atoms with E-state index in [-0.39, 0.29) is 5.91 Å². The fourth-order valence-corrected chi connectivity index (χ4v) is 2.13. The SMILES string of the molecule is CCNc1ccc(C(=O)N(C)Cc2cn[nH]c2)c(C)c1. The van der Waals surface area contributed by atoms with E-state index in [1.807, 2.05) is 32.0 Å². The van der Waals surface area contributed by atoms with Crippen molar-refractivity contribution in [1.82, 2.24) is 15.1 Å². The molecule has 0 saturated heterocycles. The molecule has 20 heavy (non-hydrogen) atoms. The summed E-state index contributed by atoms with van der Waals surface area (Å²) in [6, 6.07) is 5.82. The van der Waals surface area contributed by atoms with Crippen LogP contribution in [0.1, 0.15) is 28.4 Å². The Bertz CT molecular complexity index is 578. The molecule has 1 heterocycles. The molecule has 2 N–H and O–H groups in total. The predicted molar refractivity (Wildman–Crippen MR) is 79.7 cm³/mol. The number of benzene rings is 1. The minimum Gasteiger partial charge on any atom is -0.385 e. The molecule has 0 aliphatic carbocycles. The van der Waals surface area contributed by atoms with Crippen molar-refractivity contribution in [2.75, 3.05) is 18.9 Å². The molecular formula is C15H20N4O. The van der Waals surface area contributed by atoms with E-state index in [9.17, 15) is 4.79 Å². The highest BCUT2D eigenvalue weighted by molar-refractivity contribution is 5.95. The van der Waals surface area contributed by atoms with Crippen molar-refractivity contribution in [1.29, 1.82) is 0 Å². The molecule has 0 spiro atoms. The summed E-state index contributed by atoms with van der Waals surface area (Å²) in [5.74, 6) is 0.0201. The zero-order chi connectivity index (χ0) is 14.5. The summed E-state index contributed by atoms with van der Waals surface area (Å²) >= 11 is 0. The number of carbonyl (C=O) groups is 1. The minimum absolute atomic E-state index is 0.0201. The second-order valence-corrected chi connectivity index (χ2v) is 4.83. The molecule has 2 aromatic rings. The van der Waals surface area contributed by atoms with E-state index in [2.05, 4.69) is 15.5 Å². The molecule has 1 amide bonds. The lowest BCUT2D eigenvalue weighted by Gasteiger charge is -2.18. The fourth-order valence-electron chi connectivity index (χ4n) is 2.13.